The lowest BCUT2D eigenvalue weighted by Crippen LogP contribution is -2.41. The quantitative estimate of drug-likeness (QED) is 0.376. The number of carbonyl (C=O) groups is 1. The van der Waals surface area contributed by atoms with E-state index in [1.54, 1.807) is 6.08 Å². The Bertz CT molecular complexity index is 1380. The second kappa shape index (κ2) is 10.4. The first-order valence-electron chi connectivity index (χ1n) is 12.9. The number of ether oxygens (including phenoxy) is 1. The Morgan fingerprint density at radius 2 is 1.50 bits per heavy atom. The summed E-state index contributed by atoms with van der Waals surface area (Å²) in [4.78, 5) is 19.6. The molecule has 0 radical (unpaired) electrons. The topological polar surface area (TPSA) is 82.6 Å². The van der Waals surface area contributed by atoms with E-state index in [0.29, 0.717) is 11.0 Å². The maximum absolute atomic E-state index is 12.9. The molecule has 2 heterocycles. The van der Waals surface area contributed by atoms with Crippen molar-refractivity contribution in [2.24, 2.45) is 0 Å². The minimum atomic E-state index is -4.65. The van der Waals surface area contributed by atoms with Gasteiger partial charge in [0.1, 0.15) is 6.61 Å². The molecule has 0 atom stereocenters. The summed E-state index contributed by atoms with van der Waals surface area (Å²) < 4.78 is 56.6. The van der Waals surface area contributed by atoms with Gasteiger partial charge in [0.15, 0.2) is 0 Å². The van der Waals surface area contributed by atoms with E-state index in [1.165, 1.54) is 0 Å². The molecule has 2 aliphatic rings. The lowest BCUT2D eigenvalue weighted by Gasteiger charge is -2.32. The van der Waals surface area contributed by atoms with Gasteiger partial charge in [-0.15, -0.1) is 0 Å². The van der Waals surface area contributed by atoms with Crippen molar-refractivity contribution in [3.05, 3.63) is 88.9 Å². The smallest absolute Gasteiger partial charge is 0.449 e. The molecule has 1 aromatic heterocycles. The van der Waals surface area contributed by atoms with E-state index in [1.807, 2.05) is 64.1 Å². The van der Waals surface area contributed by atoms with Crippen LogP contribution in [0.4, 0.5) is 18.0 Å². The van der Waals surface area contributed by atoms with Crippen LogP contribution in [-0.2, 0) is 20.2 Å². The first kappa shape index (κ1) is 27.9. The van der Waals surface area contributed by atoms with E-state index in [2.05, 4.69) is 27.4 Å². The van der Waals surface area contributed by atoms with Crippen molar-refractivity contribution in [1.29, 1.82) is 0 Å². The number of rotatable bonds is 6. The zero-order chi connectivity index (χ0) is 28.7. The molecule has 11 heteroatoms. The zero-order valence-corrected chi connectivity index (χ0v) is 22.6. The third-order valence-electron chi connectivity index (χ3n) is 7.61. The van der Waals surface area contributed by atoms with Gasteiger partial charge in [0.05, 0.1) is 11.2 Å². The number of alkyl carbamates (subject to hydrolysis) is 1. The molecule has 0 unspecified atom stereocenters. The summed E-state index contributed by atoms with van der Waals surface area (Å²) in [6.07, 6.45) is -1.62. The zero-order valence-electron chi connectivity index (χ0n) is 22.6. The molecule has 1 fully saturated rings. The third-order valence-corrected chi connectivity index (χ3v) is 7.61. The summed E-state index contributed by atoms with van der Waals surface area (Å²) in [5.41, 5.74) is 3.86. The van der Waals surface area contributed by atoms with Gasteiger partial charge in [-0.25, -0.2) is 14.8 Å². The SMILES string of the molecule is CC1(C)OB(C(=Cc2cnc(C(F)(F)F)nc2)CNC(=O)OCC2c3ccccc3-c3ccccc32)OC1(C)C. The predicted molar refractivity (Wildman–Crippen MR) is 144 cm³/mol. The summed E-state index contributed by atoms with van der Waals surface area (Å²) >= 11 is 0. The molecule has 1 amide bonds. The summed E-state index contributed by atoms with van der Waals surface area (Å²) in [6.45, 7) is 7.63. The molecule has 5 rings (SSSR count). The Morgan fingerprint density at radius 1 is 0.975 bits per heavy atom. The second-order valence-electron chi connectivity index (χ2n) is 10.8. The van der Waals surface area contributed by atoms with Crippen molar-refractivity contribution in [2.75, 3.05) is 13.2 Å². The van der Waals surface area contributed by atoms with Gasteiger partial charge in [-0.3, -0.25) is 0 Å². The Kier molecular flexibility index (Phi) is 7.22. The molecule has 1 saturated heterocycles. The Labute approximate surface area is 230 Å². The molecular weight excluding hydrogens is 522 g/mol. The molecule has 0 spiro atoms. The van der Waals surface area contributed by atoms with Gasteiger partial charge in [0.2, 0.25) is 5.82 Å². The Hall–Kier alpha value is -3.70. The highest BCUT2D eigenvalue weighted by Gasteiger charge is 2.52. The number of benzene rings is 2. The van der Waals surface area contributed by atoms with Crippen LogP contribution >= 0.6 is 0 Å². The predicted octanol–water partition coefficient (Wildman–Crippen LogP) is 6.05. The van der Waals surface area contributed by atoms with Gasteiger partial charge in [-0.2, -0.15) is 13.2 Å². The molecular formula is C29H29BF3N3O4. The maximum atomic E-state index is 12.9. The van der Waals surface area contributed by atoms with E-state index in [9.17, 15) is 18.0 Å². The number of nitrogens with zero attached hydrogens (tertiary/aromatic N) is 2. The fraction of sp³-hybridized carbons (Fsp3) is 0.345. The van der Waals surface area contributed by atoms with Gasteiger partial charge in [0.25, 0.3) is 0 Å². The van der Waals surface area contributed by atoms with Crippen LogP contribution in [0.5, 0.6) is 0 Å². The van der Waals surface area contributed by atoms with E-state index in [4.69, 9.17) is 14.0 Å². The molecule has 0 saturated carbocycles. The monoisotopic (exact) mass is 551 g/mol. The number of aromatic nitrogens is 2. The van der Waals surface area contributed by atoms with Crippen LogP contribution in [0.3, 0.4) is 0 Å². The number of fused-ring (bicyclic) bond motifs is 3. The standard InChI is InChI=1S/C29H29BF3N3O4/c1-27(2)28(3,4)40-30(39-27)19(13-18-14-34-25(35-15-18)29(31,32)33)16-36-26(37)38-17-24-22-11-7-5-9-20(22)21-10-6-8-12-23(21)24/h5-15,24H,16-17H2,1-4H3,(H,36,37). The summed E-state index contributed by atoms with van der Waals surface area (Å²) in [7, 11) is -0.860. The minimum absolute atomic E-state index is 0.0332. The second-order valence-corrected chi connectivity index (χ2v) is 10.8. The fourth-order valence-electron chi connectivity index (χ4n) is 4.79. The first-order valence-corrected chi connectivity index (χ1v) is 12.9. The van der Waals surface area contributed by atoms with Gasteiger partial charge >= 0.3 is 19.4 Å². The van der Waals surface area contributed by atoms with E-state index in [-0.39, 0.29) is 19.1 Å². The molecule has 208 valence electrons. The van der Waals surface area contributed by atoms with Crippen molar-refractivity contribution in [2.45, 2.75) is 51.0 Å². The highest BCUT2D eigenvalue weighted by Crippen LogP contribution is 2.44. The van der Waals surface area contributed by atoms with Crippen molar-refractivity contribution < 1.29 is 32.0 Å². The molecule has 2 aromatic carbocycles. The van der Waals surface area contributed by atoms with E-state index < -0.39 is 36.4 Å². The summed E-state index contributed by atoms with van der Waals surface area (Å²) in [5.74, 6) is -1.33. The number of alkyl halides is 3. The average molecular weight is 551 g/mol. The van der Waals surface area contributed by atoms with Crippen LogP contribution in [0, 0.1) is 0 Å². The van der Waals surface area contributed by atoms with E-state index in [0.717, 1.165) is 34.6 Å². The van der Waals surface area contributed by atoms with Crippen LogP contribution in [0.1, 0.15) is 56.1 Å². The average Bonchev–Trinajstić information content (AvgIpc) is 3.34. The largest absolute Gasteiger partial charge is 0.492 e. The molecule has 0 bridgehead atoms. The molecule has 1 N–H and O–H groups in total. The number of carbonyl (C=O) groups excluding carboxylic acids is 1. The van der Waals surface area contributed by atoms with Gasteiger partial charge < -0.3 is 19.4 Å². The highest BCUT2D eigenvalue weighted by molar-refractivity contribution is 6.56. The Morgan fingerprint density at radius 3 is 2.02 bits per heavy atom. The van der Waals surface area contributed by atoms with Gasteiger partial charge in [0, 0.05) is 30.4 Å². The molecule has 1 aliphatic carbocycles. The maximum Gasteiger partial charge on any atom is 0.492 e. The minimum Gasteiger partial charge on any atom is -0.449 e. The van der Waals surface area contributed by atoms with Crippen LogP contribution < -0.4 is 5.32 Å². The van der Waals surface area contributed by atoms with Crippen LogP contribution in [0.15, 0.2) is 66.4 Å². The van der Waals surface area contributed by atoms with Crippen LogP contribution in [-0.4, -0.2) is 47.5 Å². The fourth-order valence-corrected chi connectivity index (χ4v) is 4.79. The number of nitrogens with one attached hydrogen (secondary N) is 1. The van der Waals surface area contributed by atoms with Crippen molar-refractivity contribution in [3.8, 4) is 11.1 Å². The van der Waals surface area contributed by atoms with Gasteiger partial charge in [-0.05, 0) is 55.4 Å². The van der Waals surface area contributed by atoms with Crippen molar-refractivity contribution >= 4 is 19.3 Å². The number of halogens is 3. The van der Waals surface area contributed by atoms with Crippen LogP contribution in [0.25, 0.3) is 17.2 Å². The van der Waals surface area contributed by atoms with Gasteiger partial charge in [-0.1, -0.05) is 54.6 Å². The van der Waals surface area contributed by atoms with Crippen molar-refractivity contribution in [1.82, 2.24) is 15.3 Å². The summed E-state index contributed by atoms with van der Waals surface area (Å²) in [5, 5.41) is 2.73. The third kappa shape index (κ3) is 5.48. The normalized spacial score (nSPS) is 17.9. The first-order chi connectivity index (χ1) is 18.9. The lowest BCUT2D eigenvalue weighted by molar-refractivity contribution is -0.145. The molecule has 1 aliphatic heterocycles. The van der Waals surface area contributed by atoms with Crippen LogP contribution in [0.2, 0.25) is 0 Å². The Balaban J connectivity index is 1.30. The highest BCUT2D eigenvalue weighted by atomic mass is 19.4. The molecule has 7 nitrogen and oxygen atoms in total. The number of hydrogen-bond acceptors (Lipinski definition) is 6. The molecule has 40 heavy (non-hydrogen) atoms. The number of hydrogen-bond donors (Lipinski definition) is 1. The number of amides is 1. The van der Waals surface area contributed by atoms with Crippen molar-refractivity contribution in [3.63, 3.8) is 0 Å². The molecule has 3 aromatic rings. The summed E-state index contributed by atoms with van der Waals surface area (Å²) in [6, 6.07) is 16.1. The van der Waals surface area contributed by atoms with E-state index >= 15 is 0 Å². The lowest BCUT2D eigenvalue weighted by atomic mass is 9.77.